The average molecular weight is 393 g/mol. The Bertz CT molecular complexity index is 1200. The van der Waals surface area contributed by atoms with Crippen LogP contribution in [0.1, 0.15) is 17.3 Å². The predicted octanol–water partition coefficient (Wildman–Crippen LogP) is 1.80. The van der Waals surface area contributed by atoms with Crippen molar-refractivity contribution in [3.8, 4) is 17.3 Å². The summed E-state index contributed by atoms with van der Waals surface area (Å²) in [5.74, 6) is 0.118. The molecule has 0 atom stereocenters. The number of aliphatic hydroxyl groups excluding tert-OH is 1. The molecule has 3 N–H and O–H groups in total. The molecule has 148 valence electrons. The van der Waals surface area contributed by atoms with Gasteiger partial charge in [0.25, 0.3) is 5.91 Å². The Labute approximate surface area is 165 Å². The van der Waals surface area contributed by atoms with Crippen LogP contribution in [0.3, 0.4) is 0 Å². The van der Waals surface area contributed by atoms with Crippen LogP contribution in [0, 0.1) is 0 Å². The highest BCUT2D eigenvalue weighted by atomic mass is 16.5. The second kappa shape index (κ2) is 7.72. The van der Waals surface area contributed by atoms with E-state index in [-0.39, 0.29) is 24.9 Å². The van der Waals surface area contributed by atoms with Crippen molar-refractivity contribution in [3.05, 3.63) is 48.2 Å². The lowest BCUT2D eigenvalue weighted by molar-refractivity contribution is 0.0956. The summed E-state index contributed by atoms with van der Waals surface area (Å²) in [6.45, 7) is 2.36. The first-order valence-corrected chi connectivity index (χ1v) is 9.12. The fourth-order valence-electron chi connectivity index (χ4n) is 3.05. The van der Waals surface area contributed by atoms with Crippen molar-refractivity contribution >= 4 is 27.7 Å². The normalized spacial score (nSPS) is 11.1. The minimum Gasteiger partial charge on any atom is -0.505 e. The minimum absolute atomic E-state index is 0.0250. The second-order valence-corrected chi connectivity index (χ2v) is 6.27. The van der Waals surface area contributed by atoms with Gasteiger partial charge in [-0.1, -0.05) is 0 Å². The number of fused-ring (bicyclic) bond motifs is 2. The molecular weight excluding hydrogens is 374 g/mol. The van der Waals surface area contributed by atoms with E-state index in [9.17, 15) is 9.90 Å². The number of phenolic OH excluding ortho intramolecular Hbond substituents is 1. The van der Waals surface area contributed by atoms with Gasteiger partial charge in [-0.15, -0.1) is 15.0 Å². The minimum atomic E-state index is -0.180. The summed E-state index contributed by atoms with van der Waals surface area (Å²) in [6, 6.07) is 10.1. The van der Waals surface area contributed by atoms with Crippen LogP contribution in [0.15, 0.2) is 42.6 Å². The number of benzene rings is 2. The monoisotopic (exact) mass is 393 g/mol. The maximum absolute atomic E-state index is 12.0. The van der Waals surface area contributed by atoms with E-state index >= 15 is 0 Å². The van der Waals surface area contributed by atoms with E-state index in [1.807, 2.05) is 6.92 Å². The van der Waals surface area contributed by atoms with Crippen molar-refractivity contribution in [1.82, 2.24) is 25.3 Å². The van der Waals surface area contributed by atoms with Crippen molar-refractivity contribution in [2.24, 2.45) is 0 Å². The maximum atomic E-state index is 12.0. The molecule has 1 amide bonds. The van der Waals surface area contributed by atoms with E-state index in [0.29, 0.717) is 45.5 Å². The van der Waals surface area contributed by atoms with Crippen molar-refractivity contribution in [2.75, 3.05) is 19.8 Å². The molecule has 0 aliphatic carbocycles. The Morgan fingerprint density at radius 2 is 1.97 bits per heavy atom. The smallest absolute Gasteiger partial charge is 0.251 e. The number of rotatable bonds is 6. The Kier molecular flexibility index (Phi) is 4.96. The zero-order chi connectivity index (χ0) is 20.4. The average Bonchev–Trinajstić information content (AvgIpc) is 3.15. The number of aromatic nitrogens is 4. The van der Waals surface area contributed by atoms with Crippen LogP contribution in [0.2, 0.25) is 0 Å². The number of carbonyl (C=O) groups is 1. The fraction of sp³-hybridized carbons (Fsp3) is 0.200. The molecule has 0 aliphatic heterocycles. The number of carbonyl (C=O) groups excluding carboxylic acids is 1. The van der Waals surface area contributed by atoms with Gasteiger partial charge in [0.1, 0.15) is 23.3 Å². The molecule has 0 bridgehead atoms. The zero-order valence-electron chi connectivity index (χ0n) is 15.7. The first-order chi connectivity index (χ1) is 14.1. The van der Waals surface area contributed by atoms with Gasteiger partial charge in [0.2, 0.25) is 5.88 Å². The summed E-state index contributed by atoms with van der Waals surface area (Å²) in [4.78, 5) is 17.5. The van der Waals surface area contributed by atoms with Crippen molar-refractivity contribution in [2.45, 2.75) is 6.92 Å². The summed E-state index contributed by atoms with van der Waals surface area (Å²) in [5.41, 5.74) is 2.01. The molecule has 29 heavy (non-hydrogen) atoms. The zero-order valence-corrected chi connectivity index (χ0v) is 15.7. The van der Waals surface area contributed by atoms with Gasteiger partial charge in [0, 0.05) is 29.1 Å². The van der Waals surface area contributed by atoms with Gasteiger partial charge in [-0.25, -0.2) is 4.98 Å². The number of hydrogen-bond donors (Lipinski definition) is 3. The van der Waals surface area contributed by atoms with Crippen LogP contribution in [0.4, 0.5) is 0 Å². The highest BCUT2D eigenvalue weighted by molar-refractivity contribution is 5.97. The van der Waals surface area contributed by atoms with Gasteiger partial charge >= 0.3 is 0 Å². The van der Waals surface area contributed by atoms with Gasteiger partial charge in [-0.05, 0) is 43.3 Å². The number of nitrogens with one attached hydrogen (secondary N) is 1. The van der Waals surface area contributed by atoms with Gasteiger partial charge in [0.05, 0.1) is 6.61 Å². The van der Waals surface area contributed by atoms with Crippen LogP contribution in [0.5, 0.6) is 11.6 Å². The summed E-state index contributed by atoms with van der Waals surface area (Å²) >= 11 is 0. The lowest BCUT2D eigenvalue weighted by Gasteiger charge is -2.10. The molecule has 0 radical (unpaired) electrons. The van der Waals surface area contributed by atoms with Gasteiger partial charge in [0.15, 0.2) is 5.75 Å². The van der Waals surface area contributed by atoms with E-state index in [0.717, 1.165) is 0 Å². The third kappa shape index (κ3) is 3.43. The summed E-state index contributed by atoms with van der Waals surface area (Å²) in [5, 5.41) is 32.4. The molecule has 4 aromatic rings. The molecule has 2 aromatic heterocycles. The molecule has 0 aliphatic rings. The van der Waals surface area contributed by atoms with Gasteiger partial charge in [-0.2, -0.15) is 0 Å². The van der Waals surface area contributed by atoms with E-state index in [1.165, 1.54) is 11.0 Å². The molecule has 0 saturated carbocycles. The van der Waals surface area contributed by atoms with Gasteiger partial charge < -0.3 is 20.3 Å². The summed E-state index contributed by atoms with van der Waals surface area (Å²) in [7, 11) is 0. The topological polar surface area (TPSA) is 122 Å². The van der Waals surface area contributed by atoms with Crippen molar-refractivity contribution < 1.29 is 19.7 Å². The Morgan fingerprint density at radius 3 is 2.76 bits per heavy atom. The highest BCUT2D eigenvalue weighted by Crippen LogP contribution is 2.34. The SMILES string of the molecule is CCNC(=O)c1ccc2nn(-c3ccc4c(OCCO)nccc4c3O)nc2c1. The van der Waals surface area contributed by atoms with Crippen LogP contribution in [0.25, 0.3) is 27.5 Å². The largest absolute Gasteiger partial charge is 0.505 e. The number of nitrogens with zero attached hydrogens (tertiary/aromatic N) is 4. The molecule has 0 unspecified atom stereocenters. The maximum Gasteiger partial charge on any atom is 0.251 e. The number of phenols is 1. The number of amides is 1. The first-order valence-electron chi connectivity index (χ1n) is 9.12. The Hall–Kier alpha value is -3.72. The second-order valence-electron chi connectivity index (χ2n) is 6.27. The van der Waals surface area contributed by atoms with Crippen molar-refractivity contribution in [3.63, 3.8) is 0 Å². The predicted molar refractivity (Wildman–Crippen MR) is 106 cm³/mol. The first kappa shape index (κ1) is 18.6. The molecule has 0 saturated heterocycles. The molecular formula is C20H19N5O4. The van der Waals surface area contributed by atoms with Gasteiger partial charge in [-0.3, -0.25) is 4.79 Å². The third-order valence-corrected chi connectivity index (χ3v) is 4.38. The van der Waals surface area contributed by atoms with Crippen LogP contribution in [-0.4, -0.2) is 55.9 Å². The third-order valence-electron chi connectivity index (χ3n) is 4.38. The van der Waals surface area contributed by atoms with Crippen molar-refractivity contribution in [1.29, 1.82) is 0 Å². The molecule has 0 spiro atoms. The molecule has 0 fully saturated rings. The quantitative estimate of drug-likeness (QED) is 0.456. The highest BCUT2D eigenvalue weighted by Gasteiger charge is 2.15. The molecule has 4 rings (SSSR count). The lowest BCUT2D eigenvalue weighted by atomic mass is 10.1. The Balaban J connectivity index is 1.77. The van der Waals surface area contributed by atoms with Crippen LogP contribution < -0.4 is 10.1 Å². The summed E-state index contributed by atoms with van der Waals surface area (Å²) < 4.78 is 5.42. The number of aromatic hydroxyl groups is 1. The molecule has 9 heteroatoms. The summed E-state index contributed by atoms with van der Waals surface area (Å²) in [6.07, 6.45) is 1.52. The van der Waals surface area contributed by atoms with E-state index in [4.69, 9.17) is 9.84 Å². The molecule has 9 nitrogen and oxygen atoms in total. The number of pyridine rings is 1. The molecule has 2 heterocycles. The van der Waals surface area contributed by atoms with E-state index in [2.05, 4.69) is 20.5 Å². The van der Waals surface area contributed by atoms with E-state index < -0.39 is 0 Å². The Morgan fingerprint density at radius 1 is 1.14 bits per heavy atom. The fourth-order valence-corrected chi connectivity index (χ4v) is 3.05. The van der Waals surface area contributed by atoms with Crippen LogP contribution in [-0.2, 0) is 0 Å². The van der Waals surface area contributed by atoms with E-state index in [1.54, 1.807) is 36.4 Å². The molecule has 2 aromatic carbocycles. The lowest BCUT2D eigenvalue weighted by Crippen LogP contribution is -2.22. The standard InChI is InChI=1S/C20H19N5O4/c1-2-21-19(28)12-3-5-15-16(11-12)24-25(23-15)17-6-4-14-13(18(17)27)7-8-22-20(14)29-10-9-26/h3-8,11,26-27H,2,9-10H2,1H3,(H,21,28). The number of hydrogen-bond acceptors (Lipinski definition) is 7. The number of ether oxygens (including phenoxy) is 1. The number of aliphatic hydroxyl groups is 1. The van der Waals surface area contributed by atoms with Crippen LogP contribution >= 0.6 is 0 Å².